The molecule has 1 atom stereocenters. The van der Waals surface area contributed by atoms with Gasteiger partial charge >= 0.3 is 45.5 Å². The number of hydrogen-bond acceptors (Lipinski definition) is 5. The maximum atomic E-state index is 9.71. The number of halogens is 1. The SMILES string of the molecule is Cl.NC(CC(=O)[O-])C(=O)[O-].[Sr+2]. The van der Waals surface area contributed by atoms with E-state index in [0.717, 1.165) is 0 Å². The molecule has 0 radical (unpaired) electrons. The van der Waals surface area contributed by atoms with Gasteiger partial charge in [0.25, 0.3) is 0 Å². The third-order valence-electron chi connectivity index (χ3n) is 0.689. The van der Waals surface area contributed by atoms with Crippen LogP contribution in [0.1, 0.15) is 6.42 Å². The van der Waals surface area contributed by atoms with Crippen LogP contribution in [0.3, 0.4) is 0 Å². The third-order valence-corrected chi connectivity index (χ3v) is 0.689. The normalized spacial score (nSPS) is 10.3. The van der Waals surface area contributed by atoms with E-state index in [1.807, 2.05) is 0 Å². The van der Waals surface area contributed by atoms with Crippen LogP contribution in [0.5, 0.6) is 0 Å². The Morgan fingerprint density at radius 1 is 1.36 bits per heavy atom. The molecule has 0 saturated carbocycles. The van der Waals surface area contributed by atoms with Crippen LogP contribution in [0.2, 0.25) is 0 Å². The van der Waals surface area contributed by atoms with E-state index in [-0.39, 0.29) is 57.9 Å². The second-order valence-electron chi connectivity index (χ2n) is 1.50. The molecule has 5 nitrogen and oxygen atoms in total. The standard InChI is InChI=1S/C4H7NO4.ClH.Sr/c5-2(4(8)9)1-3(6)7;;/h2H,1,5H2,(H,6,7)(H,8,9);1H;/q;;+2/p-2. The van der Waals surface area contributed by atoms with Crippen LogP contribution in [0.4, 0.5) is 0 Å². The molecular formula is C4H6ClNO4Sr. The van der Waals surface area contributed by atoms with E-state index in [0.29, 0.717) is 0 Å². The van der Waals surface area contributed by atoms with Gasteiger partial charge in [-0.25, -0.2) is 0 Å². The van der Waals surface area contributed by atoms with E-state index in [1.54, 1.807) is 0 Å². The van der Waals surface area contributed by atoms with Crippen molar-refractivity contribution in [1.29, 1.82) is 0 Å². The molecule has 0 aromatic heterocycles. The molecule has 7 heteroatoms. The van der Waals surface area contributed by atoms with Crippen molar-refractivity contribution in [2.45, 2.75) is 12.5 Å². The van der Waals surface area contributed by atoms with Crippen molar-refractivity contribution >= 4 is 69.8 Å². The predicted octanol–water partition coefficient (Wildman–Crippen LogP) is -3.76. The van der Waals surface area contributed by atoms with Crippen molar-refractivity contribution in [2.24, 2.45) is 5.73 Å². The van der Waals surface area contributed by atoms with E-state index in [1.165, 1.54) is 0 Å². The van der Waals surface area contributed by atoms with Gasteiger partial charge in [0.15, 0.2) is 0 Å². The monoisotopic (exact) mass is 255 g/mol. The molecule has 0 amide bonds. The first kappa shape index (κ1) is 17.7. The fourth-order valence-electron chi connectivity index (χ4n) is 0.263. The second kappa shape index (κ2) is 8.76. The Labute approximate surface area is 107 Å². The molecule has 0 spiro atoms. The minimum Gasteiger partial charge on any atom is -0.550 e. The molecule has 11 heavy (non-hydrogen) atoms. The number of hydrogen-bond donors (Lipinski definition) is 1. The van der Waals surface area contributed by atoms with Gasteiger partial charge in [-0.1, -0.05) is 0 Å². The number of carboxylic acid groups (broad SMARTS) is 2. The summed E-state index contributed by atoms with van der Waals surface area (Å²) in [4.78, 5) is 19.3. The molecule has 0 aliphatic rings. The summed E-state index contributed by atoms with van der Waals surface area (Å²) < 4.78 is 0. The van der Waals surface area contributed by atoms with Gasteiger partial charge in [-0.05, 0) is 0 Å². The number of nitrogens with two attached hydrogens (primary N) is 1. The molecule has 0 heterocycles. The van der Waals surface area contributed by atoms with Crippen molar-refractivity contribution in [3.05, 3.63) is 0 Å². The largest absolute Gasteiger partial charge is 2.00 e. The molecule has 0 aromatic carbocycles. The molecule has 0 bridgehead atoms. The summed E-state index contributed by atoms with van der Waals surface area (Å²) in [5.41, 5.74) is 4.73. The first-order chi connectivity index (χ1) is 4.04. The van der Waals surface area contributed by atoms with Crippen molar-refractivity contribution in [1.82, 2.24) is 0 Å². The fourth-order valence-corrected chi connectivity index (χ4v) is 0.263. The van der Waals surface area contributed by atoms with E-state index >= 15 is 0 Å². The fraction of sp³-hybridized carbons (Fsp3) is 0.500. The molecule has 0 aromatic rings. The number of carboxylic acids is 2. The Bertz CT molecular complexity index is 142. The van der Waals surface area contributed by atoms with Gasteiger partial charge in [0.05, 0.1) is 5.97 Å². The number of carbonyl (C=O) groups is 2. The maximum Gasteiger partial charge on any atom is 2.00 e. The first-order valence-corrected chi connectivity index (χ1v) is 2.20. The summed E-state index contributed by atoms with van der Waals surface area (Å²) in [7, 11) is 0. The molecule has 0 rings (SSSR count). The first-order valence-electron chi connectivity index (χ1n) is 2.20. The van der Waals surface area contributed by atoms with Crippen LogP contribution in [0, 0.1) is 0 Å². The summed E-state index contributed by atoms with van der Waals surface area (Å²) in [5, 5.41) is 19.3. The summed E-state index contributed by atoms with van der Waals surface area (Å²) in [6, 6.07) is -1.46. The van der Waals surface area contributed by atoms with Crippen LogP contribution >= 0.6 is 12.4 Å². The van der Waals surface area contributed by atoms with Gasteiger partial charge in [-0.3, -0.25) is 0 Å². The average molecular weight is 255 g/mol. The second-order valence-corrected chi connectivity index (χ2v) is 1.50. The zero-order chi connectivity index (χ0) is 7.44. The van der Waals surface area contributed by atoms with Gasteiger partial charge in [-0.15, -0.1) is 12.4 Å². The quantitative estimate of drug-likeness (QED) is 0.521. The van der Waals surface area contributed by atoms with Crippen LogP contribution in [0.25, 0.3) is 0 Å². The van der Waals surface area contributed by atoms with E-state index < -0.39 is 24.4 Å². The molecular weight excluding hydrogens is 249 g/mol. The summed E-state index contributed by atoms with van der Waals surface area (Å²) >= 11 is 0. The Balaban J connectivity index is -0.000000320. The smallest absolute Gasteiger partial charge is 0.550 e. The van der Waals surface area contributed by atoms with Gasteiger partial charge in [0.2, 0.25) is 0 Å². The van der Waals surface area contributed by atoms with E-state index in [4.69, 9.17) is 5.73 Å². The van der Waals surface area contributed by atoms with Gasteiger partial charge in [0, 0.05) is 18.4 Å². The summed E-state index contributed by atoms with van der Waals surface area (Å²) in [5.74, 6) is -3.08. The molecule has 0 aliphatic carbocycles. The van der Waals surface area contributed by atoms with E-state index in [2.05, 4.69) is 0 Å². The average Bonchev–Trinajstić information content (AvgIpc) is 1.63. The summed E-state index contributed by atoms with van der Waals surface area (Å²) in [6.45, 7) is 0. The van der Waals surface area contributed by atoms with Crippen molar-refractivity contribution in [3.63, 3.8) is 0 Å². The van der Waals surface area contributed by atoms with Crippen LogP contribution < -0.4 is 15.9 Å². The Hall–Kier alpha value is 0.671. The zero-order valence-electron chi connectivity index (χ0n) is 5.61. The Morgan fingerprint density at radius 2 is 1.73 bits per heavy atom. The zero-order valence-corrected chi connectivity index (χ0v) is 9.90. The Kier molecular flexibility index (Phi) is 14.1. The molecule has 2 N–H and O–H groups in total. The number of carbonyl (C=O) groups excluding carboxylic acids is 2. The van der Waals surface area contributed by atoms with Crippen molar-refractivity contribution < 1.29 is 19.8 Å². The minimum atomic E-state index is -1.58. The van der Waals surface area contributed by atoms with Gasteiger partial charge in [0.1, 0.15) is 0 Å². The number of aliphatic carboxylic acids is 2. The Morgan fingerprint density at radius 3 is 1.82 bits per heavy atom. The third kappa shape index (κ3) is 10.7. The number of rotatable bonds is 3. The molecule has 0 fully saturated rings. The molecule has 0 saturated heterocycles. The topological polar surface area (TPSA) is 106 Å². The van der Waals surface area contributed by atoms with Crippen LogP contribution in [0.15, 0.2) is 0 Å². The van der Waals surface area contributed by atoms with Crippen molar-refractivity contribution in [2.75, 3.05) is 0 Å². The molecule has 60 valence electrons. The maximum absolute atomic E-state index is 9.71. The van der Waals surface area contributed by atoms with Crippen LogP contribution in [-0.4, -0.2) is 63.5 Å². The molecule has 0 aliphatic heterocycles. The van der Waals surface area contributed by atoms with Crippen molar-refractivity contribution in [3.8, 4) is 0 Å². The van der Waals surface area contributed by atoms with Crippen LogP contribution in [-0.2, 0) is 9.59 Å². The van der Waals surface area contributed by atoms with E-state index in [9.17, 15) is 19.8 Å². The molecule has 1 unspecified atom stereocenters. The van der Waals surface area contributed by atoms with Gasteiger partial charge < -0.3 is 25.5 Å². The summed E-state index contributed by atoms with van der Waals surface area (Å²) in [6.07, 6.45) is -0.706. The minimum absolute atomic E-state index is 0. The predicted molar refractivity (Wildman–Crippen MR) is 35.6 cm³/mol. The van der Waals surface area contributed by atoms with Gasteiger partial charge in [-0.2, -0.15) is 0 Å².